The van der Waals surface area contributed by atoms with Gasteiger partial charge in [0.2, 0.25) is 0 Å². The number of carbonyl (C=O) groups is 1. The fourth-order valence-corrected chi connectivity index (χ4v) is 3.24. The molecule has 0 fully saturated rings. The van der Waals surface area contributed by atoms with Gasteiger partial charge >= 0.3 is 0 Å². The van der Waals surface area contributed by atoms with Gasteiger partial charge in [-0.2, -0.15) is 0 Å². The number of pyridine rings is 1. The summed E-state index contributed by atoms with van der Waals surface area (Å²) in [6.07, 6.45) is 3.08. The number of hydrogen-bond acceptors (Lipinski definition) is 4. The molecular formula is C18H14FN3O3S. The quantitative estimate of drug-likeness (QED) is 0.720. The second-order valence-corrected chi connectivity index (χ2v) is 6.99. The van der Waals surface area contributed by atoms with Gasteiger partial charge in [-0.25, -0.2) is 12.8 Å². The number of benzene rings is 2. The number of carbonyl (C=O) groups excluding carboxylic acids is 1. The minimum Gasteiger partial charge on any atom is -0.321 e. The number of nitrogens with one attached hydrogen (secondary N) is 2. The average molecular weight is 371 g/mol. The number of aromatic nitrogens is 1. The van der Waals surface area contributed by atoms with E-state index in [0.717, 1.165) is 6.07 Å². The van der Waals surface area contributed by atoms with Gasteiger partial charge in [0.25, 0.3) is 15.9 Å². The van der Waals surface area contributed by atoms with Gasteiger partial charge in [0, 0.05) is 11.8 Å². The lowest BCUT2D eigenvalue weighted by molar-refractivity contribution is 0.102. The Kier molecular flexibility index (Phi) is 4.94. The van der Waals surface area contributed by atoms with Crippen LogP contribution in [0.2, 0.25) is 0 Å². The summed E-state index contributed by atoms with van der Waals surface area (Å²) >= 11 is 0. The molecule has 0 aliphatic rings. The van der Waals surface area contributed by atoms with Crippen molar-refractivity contribution in [2.45, 2.75) is 4.90 Å². The predicted molar refractivity (Wildman–Crippen MR) is 95.8 cm³/mol. The maximum atomic E-state index is 13.6. The molecule has 0 unspecified atom stereocenters. The highest BCUT2D eigenvalue weighted by Crippen LogP contribution is 2.19. The summed E-state index contributed by atoms with van der Waals surface area (Å²) < 4.78 is 40.5. The van der Waals surface area contributed by atoms with E-state index in [0.29, 0.717) is 5.69 Å². The molecule has 2 N–H and O–H groups in total. The molecule has 3 aromatic rings. The van der Waals surface area contributed by atoms with Crippen LogP contribution in [0.25, 0.3) is 0 Å². The lowest BCUT2D eigenvalue weighted by Crippen LogP contribution is -2.15. The van der Waals surface area contributed by atoms with Crippen molar-refractivity contribution in [3.05, 3.63) is 84.4 Å². The van der Waals surface area contributed by atoms with Crippen molar-refractivity contribution in [3.8, 4) is 0 Å². The number of anilines is 2. The van der Waals surface area contributed by atoms with Crippen LogP contribution < -0.4 is 10.0 Å². The molecule has 0 aliphatic heterocycles. The first-order valence-electron chi connectivity index (χ1n) is 7.54. The molecule has 0 aliphatic carbocycles. The van der Waals surface area contributed by atoms with Crippen molar-refractivity contribution in [1.82, 2.24) is 4.98 Å². The average Bonchev–Trinajstić information content (AvgIpc) is 2.64. The normalized spacial score (nSPS) is 11.0. The standard InChI is InChI=1S/C18H14FN3O3S/c19-16-5-1-2-6-17(16)22-26(24,25)15-9-7-13(8-10-15)18(23)21-14-4-3-11-20-12-14/h1-12,22H,(H,21,23). The van der Waals surface area contributed by atoms with E-state index in [1.807, 2.05) is 0 Å². The maximum absolute atomic E-state index is 13.6. The molecule has 2 aromatic carbocycles. The van der Waals surface area contributed by atoms with E-state index in [-0.39, 0.29) is 16.1 Å². The van der Waals surface area contributed by atoms with E-state index in [4.69, 9.17) is 0 Å². The van der Waals surface area contributed by atoms with Crippen LogP contribution in [0.5, 0.6) is 0 Å². The fourth-order valence-electron chi connectivity index (χ4n) is 2.17. The molecule has 132 valence electrons. The van der Waals surface area contributed by atoms with Crippen LogP contribution in [0.1, 0.15) is 10.4 Å². The lowest BCUT2D eigenvalue weighted by Gasteiger charge is -2.09. The third kappa shape index (κ3) is 4.04. The van der Waals surface area contributed by atoms with Gasteiger partial charge in [-0.1, -0.05) is 12.1 Å². The lowest BCUT2D eigenvalue weighted by atomic mass is 10.2. The van der Waals surface area contributed by atoms with Gasteiger partial charge in [-0.3, -0.25) is 14.5 Å². The van der Waals surface area contributed by atoms with Gasteiger partial charge in [0.1, 0.15) is 5.82 Å². The van der Waals surface area contributed by atoms with Crippen molar-refractivity contribution in [2.75, 3.05) is 10.0 Å². The fraction of sp³-hybridized carbons (Fsp3) is 0. The van der Waals surface area contributed by atoms with E-state index < -0.39 is 21.7 Å². The summed E-state index contributed by atoms with van der Waals surface area (Å²) in [5.41, 5.74) is 0.653. The summed E-state index contributed by atoms with van der Waals surface area (Å²) in [7, 11) is -3.97. The molecule has 0 radical (unpaired) electrons. The van der Waals surface area contributed by atoms with Crippen LogP contribution in [0.3, 0.4) is 0 Å². The first kappa shape index (κ1) is 17.6. The van der Waals surface area contributed by atoms with Crippen molar-refractivity contribution in [1.29, 1.82) is 0 Å². The number of hydrogen-bond donors (Lipinski definition) is 2. The smallest absolute Gasteiger partial charge is 0.261 e. The molecule has 1 aromatic heterocycles. The van der Waals surface area contributed by atoms with E-state index in [2.05, 4.69) is 15.0 Å². The minimum atomic E-state index is -3.97. The van der Waals surface area contributed by atoms with Crippen molar-refractivity contribution in [3.63, 3.8) is 0 Å². The highest BCUT2D eigenvalue weighted by atomic mass is 32.2. The Bertz CT molecular complexity index is 1020. The summed E-state index contributed by atoms with van der Waals surface area (Å²) in [5, 5.41) is 2.65. The summed E-state index contributed by atoms with van der Waals surface area (Å²) in [6, 6.07) is 14.1. The summed E-state index contributed by atoms with van der Waals surface area (Å²) in [6.45, 7) is 0. The number of halogens is 1. The monoisotopic (exact) mass is 371 g/mol. The van der Waals surface area contributed by atoms with E-state index in [1.165, 1.54) is 48.7 Å². The third-order valence-corrected chi connectivity index (χ3v) is 4.85. The zero-order chi connectivity index (χ0) is 18.6. The van der Waals surface area contributed by atoms with Crippen LogP contribution in [-0.2, 0) is 10.0 Å². The molecule has 8 heteroatoms. The van der Waals surface area contributed by atoms with Gasteiger partial charge in [0.05, 0.1) is 22.5 Å². The van der Waals surface area contributed by atoms with Crippen LogP contribution in [0.4, 0.5) is 15.8 Å². The topological polar surface area (TPSA) is 88.2 Å². The summed E-state index contributed by atoms with van der Waals surface area (Å²) in [4.78, 5) is 16.0. The molecule has 0 atom stereocenters. The maximum Gasteiger partial charge on any atom is 0.261 e. The van der Waals surface area contributed by atoms with Crippen molar-refractivity contribution in [2.24, 2.45) is 0 Å². The van der Waals surface area contributed by atoms with Crippen LogP contribution in [0.15, 0.2) is 78.0 Å². The molecule has 26 heavy (non-hydrogen) atoms. The van der Waals surface area contributed by atoms with E-state index in [9.17, 15) is 17.6 Å². The van der Waals surface area contributed by atoms with Gasteiger partial charge in [0.15, 0.2) is 0 Å². The van der Waals surface area contributed by atoms with Crippen LogP contribution in [-0.4, -0.2) is 19.3 Å². The molecular weight excluding hydrogens is 357 g/mol. The molecule has 0 saturated heterocycles. The first-order chi connectivity index (χ1) is 12.5. The first-order valence-corrected chi connectivity index (χ1v) is 9.03. The SMILES string of the molecule is O=C(Nc1cccnc1)c1ccc(S(=O)(=O)Nc2ccccc2F)cc1. The molecule has 1 amide bonds. The molecule has 0 saturated carbocycles. The molecule has 0 bridgehead atoms. The van der Waals surface area contributed by atoms with E-state index >= 15 is 0 Å². The Morgan fingerprint density at radius 2 is 1.69 bits per heavy atom. The Morgan fingerprint density at radius 3 is 2.35 bits per heavy atom. The Morgan fingerprint density at radius 1 is 0.962 bits per heavy atom. The largest absolute Gasteiger partial charge is 0.321 e. The number of para-hydroxylation sites is 1. The third-order valence-electron chi connectivity index (χ3n) is 3.46. The number of amides is 1. The summed E-state index contributed by atoms with van der Waals surface area (Å²) in [5.74, 6) is -1.08. The highest BCUT2D eigenvalue weighted by Gasteiger charge is 2.17. The van der Waals surface area contributed by atoms with Crippen LogP contribution in [0, 0.1) is 5.82 Å². The minimum absolute atomic E-state index is 0.0846. The zero-order valence-electron chi connectivity index (χ0n) is 13.4. The Hall–Kier alpha value is -3.26. The molecule has 1 heterocycles. The van der Waals surface area contributed by atoms with Gasteiger partial charge in [-0.15, -0.1) is 0 Å². The van der Waals surface area contributed by atoms with Crippen molar-refractivity contribution < 1.29 is 17.6 Å². The molecule has 6 nitrogen and oxygen atoms in total. The molecule has 3 rings (SSSR count). The van der Waals surface area contributed by atoms with Gasteiger partial charge < -0.3 is 5.32 Å². The number of sulfonamides is 1. The Labute approximate surface area is 149 Å². The number of nitrogens with zero attached hydrogens (tertiary/aromatic N) is 1. The Balaban J connectivity index is 1.76. The van der Waals surface area contributed by atoms with Crippen molar-refractivity contribution >= 4 is 27.3 Å². The molecule has 0 spiro atoms. The second-order valence-electron chi connectivity index (χ2n) is 5.31. The predicted octanol–water partition coefficient (Wildman–Crippen LogP) is 3.27. The van der Waals surface area contributed by atoms with E-state index in [1.54, 1.807) is 18.3 Å². The highest BCUT2D eigenvalue weighted by molar-refractivity contribution is 7.92. The second kappa shape index (κ2) is 7.32. The zero-order valence-corrected chi connectivity index (χ0v) is 14.2. The number of rotatable bonds is 5. The van der Waals surface area contributed by atoms with Crippen LogP contribution >= 0.6 is 0 Å². The van der Waals surface area contributed by atoms with Gasteiger partial charge in [-0.05, 0) is 48.5 Å².